The molecule has 1 aromatic rings. The zero-order valence-corrected chi connectivity index (χ0v) is 13.8. The van der Waals surface area contributed by atoms with Crippen molar-refractivity contribution in [3.05, 3.63) is 29.8 Å². The van der Waals surface area contributed by atoms with Crippen LogP contribution < -0.4 is 10.1 Å². The van der Waals surface area contributed by atoms with Crippen LogP contribution in [0.3, 0.4) is 0 Å². The number of hydrogen-bond donors (Lipinski definition) is 1. The summed E-state index contributed by atoms with van der Waals surface area (Å²) in [5.41, 5.74) is 1.34. The third-order valence-electron chi connectivity index (χ3n) is 4.55. The van der Waals surface area contributed by atoms with Crippen molar-refractivity contribution in [2.45, 2.75) is 51.6 Å². The summed E-state index contributed by atoms with van der Waals surface area (Å²) in [4.78, 5) is 2.64. The fourth-order valence-corrected chi connectivity index (χ4v) is 3.17. The van der Waals surface area contributed by atoms with E-state index in [1.807, 2.05) is 6.92 Å². The number of likely N-dealkylation sites (N-methyl/N-ethyl adjacent to an activating group) is 1. The smallest absolute Gasteiger partial charge is 0.119 e. The maximum Gasteiger partial charge on any atom is 0.119 e. The first-order valence-corrected chi connectivity index (χ1v) is 8.38. The van der Waals surface area contributed by atoms with Crippen LogP contribution >= 0.6 is 0 Å². The Hall–Kier alpha value is -1.06. The summed E-state index contributed by atoms with van der Waals surface area (Å²) in [5.74, 6) is 0.958. The van der Waals surface area contributed by atoms with E-state index in [2.05, 4.69) is 48.5 Å². The molecule has 0 amide bonds. The summed E-state index contributed by atoms with van der Waals surface area (Å²) in [5, 5.41) is 3.48. The lowest BCUT2D eigenvalue weighted by Crippen LogP contribution is -2.39. The molecule has 2 atom stereocenters. The normalized spacial score (nSPS) is 21.8. The lowest BCUT2D eigenvalue weighted by atomic mass is 10.0. The molecule has 1 aromatic carbocycles. The average molecular weight is 290 g/mol. The predicted molar refractivity (Wildman–Crippen MR) is 88.9 cm³/mol. The van der Waals surface area contributed by atoms with Crippen LogP contribution in [-0.4, -0.2) is 37.7 Å². The van der Waals surface area contributed by atoms with Crippen LogP contribution in [0.1, 0.15) is 51.1 Å². The van der Waals surface area contributed by atoms with Gasteiger partial charge >= 0.3 is 0 Å². The number of nitrogens with one attached hydrogen (secondary N) is 1. The Bertz CT molecular complexity index is 404. The second kappa shape index (κ2) is 8.40. The van der Waals surface area contributed by atoms with Crippen molar-refractivity contribution in [1.29, 1.82) is 0 Å². The van der Waals surface area contributed by atoms with Gasteiger partial charge in [0.1, 0.15) is 5.75 Å². The number of likely N-dealkylation sites (tertiary alicyclic amines) is 1. The highest BCUT2D eigenvalue weighted by molar-refractivity contribution is 5.29. The molecule has 0 aliphatic carbocycles. The fourth-order valence-electron chi connectivity index (χ4n) is 3.17. The molecule has 1 fully saturated rings. The van der Waals surface area contributed by atoms with Gasteiger partial charge in [0.15, 0.2) is 0 Å². The monoisotopic (exact) mass is 290 g/mol. The molecule has 0 spiro atoms. The van der Waals surface area contributed by atoms with Crippen molar-refractivity contribution < 1.29 is 4.74 Å². The van der Waals surface area contributed by atoms with Gasteiger partial charge in [0.05, 0.1) is 6.61 Å². The van der Waals surface area contributed by atoms with Gasteiger partial charge in [0, 0.05) is 18.6 Å². The van der Waals surface area contributed by atoms with E-state index in [-0.39, 0.29) is 0 Å². The molecule has 2 rings (SSSR count). The summed E-state index contributed by atoms with van der Waals surface area (Å²) >= 11 is 0. The number of nitrogens with zero attached hydrogens (tertiary/aromatic N) is 1. The van der Waals surface area contributed by atoms with E-state index in [0.717, 1.165) is 18.9 Å². The average Bonchev–Trinajstić information content (AvgIpc) is 2.71. The largest absolute Gasteiger partial charge is 0.494 e. The first-order chi connectivity index (χ1) is 10.2. The molecule has 1 N–H and O–H groups in total. The van der Waals surface area contributed by atoms with Crippen molar-refractivity contribution >= 4 is 0 Å². The van der Waals surface area contributed by atoms with E-state index < -0.39 is 0 Å². The van der Waals surface area contributed by atoms with Crippen molar-refractivity contribution in [2.24, 2.45) is 0 Å². The van der Waals surface area contributed by atoms with E-state index in [9.17, 15) is 0 Å². The molecule has 0 radical (unpaired) electrons. The molecule has 21 heavy (non-hydrogen) atoms. The van der Waals surface area contributed by atoms with E-state index in [1.54, 1.807) is 0 Å². The Morgan fingerprint density at radius 3 is 2.67 bits per heavy atom. The van der Waals surface area contributed by atoms with Crippen LogP contribution in [0, 0.1) is 0 Å². The first kappa shape index (κ1) is 16.3. The SMILES string of the molecule is CCOc1ccc(C(CN2CCCCCC2C)NC)cc1. The molecule has 0 saturated carbocycles. The van der Waals surface area contributed by atoms with Crippen molar-refractivity contribution in [3.8, 4) is 5.75 Å². The van der Waals surface area contributed by atoms with Gasteiger partial charge in [0.25, 0.3) is 0 Å². The molecule has 1 aliphatic heterocycles. The third kappa shape index (κ3) is 4.72. The second-order valence-corrected chi connectivity index (χ2v) is 6.04. The molecule has 1 aliphatic rings. The minimum atomic E-state index is 0.390. The topological polar surface area (TPSA) is 24.5 Å². The summed E-state index contributed by atoms with van der Waals surface area (Å²) in [6.07, 6.45) is 5.43. The minimum Gasteiger partial charge on any atom is -0.494 e. The maximum atomic E-state index is 5.53. The molecule has 3 nitrogen and oxygen atoms in total. The second-order valence-electron chi connectivity index (χ2n) is 6.04. The summed E-state index contributed by atoms with van der Waals surface area (Å²) in [6.45, 7) is 7.43. The Morgan fingerprint density at radius 2 is 2.00 bits per heavy atom. The summed E-state index contributed by atoms with van der Waals surface area (Å²) in [6, 6.07) is 9.63. The highest BCUT2D eigenvalue weighted by atomic mass is 16.5. The Morgan fingerprint density at radius 1 is 1.24 bits per heavy atom. The molecule has 0 bridgehead atoms. The summed E-state index contributed by atoms with van der Waals surface area (Å²) < 4.78 is 5.53. The van der Waals surface area contributed by atoms with Gasteiger partial charge in [-0.3, -0.25) is 4.90 Å². The first-order valence-electron chi connectivity index (χ1n) is 8.38. The quantitative estimate of drug-likeness (QED) is 0.866. The van der Waals surface area contributed by atoms with E-state index in [1.165, 1.54) is 37.8 Å². The highest BCUT2D eigenvalue weighted by Crippen LogP contribution is 2.22. The van der Waals surface area contributed by atoms with Crippen LogP contribution in [0.25, 0.3) is 0 Å². The van der Waals surface area contributed by atoms with Gasteiger partial charge in [-0.1, -0.05) is 25.0 Å². The van der Waals surface area contributed by atoms with E-state index >= 15 is 0 Å². The minimum absolute atomic E-state index is 0.390. The van der Waals surface area contributed by atoms with Gasteiger partial charge in [-0.05, 0) is 58.0 Å². The summed E-state index contributed by atoms with van der Waals surface area (Å²) in [7, 11) is 2.06. The van der Waals surface area contributed by atoms with Gasteiger partial charge in [-0.25, -0.2) is 0 Å². The van der Waals surface area contributed by atoms with Gasteiger partial charge in [-0.2, -0.15) is 0 Å². The van der Waals surface area contributed by atoms with Crippen molar-refractivity contribution in [2.75, 3.05) is 26.7 Å². The van der Waals surface area contributed by atoms with Gasteiger partial charge in [-0.15, -0.1) is 0 Å². The molecular formula is C18H30N2O. The maximum absolute atomic E-state index is 5.53. The molecule has 118 valence electrons. The van der Waals surface area contributed by atoms with Crippen LogP contribution in [0.5, 0.6) is 5.75 Å². The fraction of sp³-hybridized carbons (Fsp3) is 0.667. The Kier molecular flexibility index (Phi) is 6.52. The predicted octanol–water partition coefficient (Wildman–Crippen LogP) is 3.61. The van der Waals surface area contributed by atoms with Crippen LogP contribution in [0.2, 0.25) is 0 Å². The molecular weight excluding hydrogens is 260 g/mol. The zero-order chi connectivity index (χ0) is 15.1. The standard InChI is InChI=1S/C18H30N2O/c1-4-21-17-11-9-16(10-12-17)18(19-3)14-20-13-7-5-6-8-15(20)2/h9-12,15,18-19H,4-8,13-14H2,1-3H3. The molecule has 1 saturated heterocycles. The van der Waals surface area contributed by atoms with E-state index in [4.69, 9.17) is 4.74 Å². The van der Waals surface area contributed by atoms with Crippen LogP contribution in [0.4, 0.5) is 0 Å². The number of rotatable bonds is 6. The zero-order valence-electron chi connectivity index (χ0n) is 13.8. The number of benzene rings is 1. The van der Waals surface area contributed by atoms with Crippen molar-refractivity contribution in [1.82, 2.24) is 10.2 Å². The lowest BCUT2D eigenvalue weighted by Gasteiger charge is -2.31. The third-order valence-corrected chi connectivity index (χ3v) is 4.55. The van der Waals surface area contributed by atoms with Crippen LogP contribution in [0.15, 0.2) is 24.3 Å². The molecule has 1 heterocycles. The Balaban J connectivity index is 2.01. The number of hydrogen-bond acceptors (Lipinski definition) is 3. The van der Waals surface area contributed by atoms with E-state index in [0.29, 0.717) is 12.1 Å². The van der Waals surface area contributed by atoms with Gasteiger partial charge < -0.3 is 10.1 Å². The molecule has 0 aromatic heterocycles. The highest BCUT2D eigenvalue weighted by Gasteiger charge is 2.20. The Labute approximate surface area is 129 Å². The van der Waals surface area contributed by atoms with Crippen molar-refractivity contribution in [3.63, 3.8) is 0 Å². The van der Waals surface area contributed by atoms with Crippen LogP contribution in [-0.2, 0) is 0 Å². The molecule has 3 heteroatoms. The van der Waals surface area contributed by atoms with Gasteiger partial charge in [0.2, 0.25) is 0 Å². The lowest BCUT2D eigenvalue weighted by molar-refractivity contribution is 0.193. The number of ether oxygens (including phenoxy) is 1. The molecule has 2 unspecified atom stereocenters.